The van der Waals surface area contributed by atoms with E-state index in [1.54, 1.807) is 0 Å². The third-order valence-electron chi connectivity index (χ3n) is 3.41. The predicted molar refractivity (Wildman–Crippen MR) is 63.6 cm³/mol. The Morgan fingerprint density at radius 2 is 2.24 bits per heavy atom. The number of hydrogen-bond donors (Lipinski definition) is 2. The standard InChI is InChI=1S/C12H22N2O3/c1-8-5-14(6-11(7-15)17-8)9(2)12(16)13-10-3-4-10/h8-11,15H,3-7H2,1-2H3,(H,13,16). The lowest BCUT2D eigenvalue weighted by Gasteiger charge is -2.38. The zero-order valence-corrected chi connectivity index (χ0v) is 10.6. The molecule has 0 bridgehead atoms. The van der Waals surface area contributed by atoms with Crippen LogP contribution in [0.1, 0.15) is 26.7 Å². The number of aliphatic hydroxyl groups excluding tert-OH is 1. The van der Waals surface area contributed by atoms with Crippen LogP contribution in [0.4, 0.5) is 0 Å². The summed E-state index contributed by atoms with van der Waals surface area (Å²) in [4.78, 5) is 14.0. The van der Waals surface area contributed by atoms with E-state index in [-0.39, 0.29) is 30.8 Å². The molecule has 0 aromatic heterocycles. The molecule has 2 aliphatic rings. The average molecular weight is 242 g/mol. The molecule has 17 heavy (non-hydrogen) atoms. The van der Waals surface area contributed by atoms with Crippen LogP contribution in [0.5, 0.6) is 0 Å². The summed E-state index contributed by atoms with van der Waals surface area (Å²) in [6.07, 6.45) is 2.11. The summed E-state index contributed by atoms with van der Waals surface area (Å²) in [5.74, 6) is 0.0956. The van der Waals surface area contributed by atoms with Crippen LogP contribution in [0.15, 0.2) is 0 Å². The van der Waals surface area contributed by atoms with Crippen molar-refractivity contribution < 1.29 is 14.6 Å². The maximum Gasteiger partial charge on any atom is 0.237 e. The highest BCUT2D eigenvalue weighted by Gasteiger charge is 2.32. The molecule has 2 fully saturated rings. The first-order valence-corrected chi connectivity index (χ1v) is 6.41. The largest absolute Gasteiger partial charge is 0.394 e. The first kappa shape index (κ1) is 12.8. The van der Waals surface area contributed by atoms with E-state index in [4.69, 9.17) is 9.84 Å². The maximum atomic E-state index is 11.9. The van der Waals surface area contributed by atoms with E-state index in [0.717, 1.165) is 19.4 Å². The Morgan fingerprint density at radius 1 is 1.53 bits per heavy atom. The van der Waals surface area contributed by atoms with Gasteiger partial charge in [-0.05, 0) is 26.7 Å². The number of carbonyl (C=O) groups is 1. The molecule has 98 valence electrons. The van der Waals surface area contributed by atoms with Crippen LogP contribution in [0.2, 0.25) is 0 Å². The van der Waals surface area contributed by atoms with Gasteiger partial charge in [-0.15, -0.1) is 0 Å². The molecule has 3 unspecified atom stereocenters. The van der Waals surface area contributed by atoms with Gasteiger partial charge in [0.1, 0.15) is 0 Å². The minimum absolute atomic E-state index is 0.0117. The molecule has 0 aromatic rings. The minimum Gasteiger partial charge on any atom is -0.394 e. The van der Waals surface area contributed by atoms with Crippen molar-refractivity contribution in [3.05, 3.63) is 0 Å². The second-order valence-corrected chi connectivity index (χ2v) is 5.16. The second kappa shape index (κ2) is 5.33. The molecule has 2 rings (SSSR count). The van der Waals surface area contributed by atoms with Crippen molar-refractivity contribution in [1.82, 2.24) is 10.2 Å². The van der Waals surface area contributed by atoms with Crippen molar-refractivity contribution in [2.75, 3.05) is 19.7 Å². The van der Waals surface area contributed by atoms with Gasteiger partial charge in [-0.1, -0.05) is 0 Å². The third-order valence-corrected chi connectivity index (χ3v) is 3.41. The molecule has 0 aromatic carbocycles. The summed E-state index contributed by atoms with van der Waals surface area (Å²) in [7, 11) is 0. The van der Waals surface area contributed by atoms with E-state index >= 15 is 0 Å². The van der Waals surface area contributed by atoms with E-state index < -0.39 is 0 Å². The highest BCUT2D eigenvalue weighted by molar-refractivity contribution is 5.81. The molecule has 5 nitrogen and oxygen atoms in total. The van der Waals surface area contributed by atoms with Gasteiger partial charge >= 0.3 is 0 Å². The number of nitrogens with one attached hydrogen (secondary N) is 1. The quantitative estimate of drug-likeness (QED) is 0.713. The predicted octanol–water partition coefficient (Wildman–Crippen LogP) is -0.265. The summed E-state index contributed by atoms with van der Waals surface area (Å²) in [6.45, 7) is 5.28. The van der Waals surface area contributed by atoms with Gasteiger partial charge in [0.05, 0.1) is 24.9 Å². The SMILES string of the molecule is CC1CN(C(C)C(=O)NC2CC2)CC(CO)O1. The molecule has 1 heterocycles. The fraction of sp³-hybridized carbons (Fsp3) is 0.917. The molecule has 2 N–H and O–H groups in total. The number of hydrogen-bond acceptors (Lipinski definition) is 4. The number of amides is 1. The van der Waals surface area contributed by atoms with E-state index in [2.05, 4.69) is 10.2 Å². The van der Waals surface area contributed by atoms with Gasteiger partial charge in [0.25, 0.3) is 0 Å². The number of ether oxygens (including phenoxy) is 1. The summed E-state index contributed by atoms with van der Waals surface area (Å²) in [6, 6.07) is 0.257. The van der Waals surface area contributed by atoms with Gasteiger partial charge in [0, 0.05) is 19.1 Å². The molecule has 1 amide bonds. The van der Waals surface area contributed by atoms with E-state index in [1.807, 2.05) is 13.8 Å². The first-order chi connectivity index (χ1) is 8.10. The fourth-order valence-electron chi connectivity index (χ4n) is 2.21. The van der Waals surface area contributed by atoms with E-state index in [1.165, 1.54) is 0 Å². The molecule has 1 aliphatic heterocycles. The lowest BCUT2D eigenvalue weighted by Crippen LogP contribution is -2.55. The van der Waals surface area contributed by atoms with Crippen LogP contribution in [0.25, 0.3) is 0 Å². The van der Waals surface area contributed by atoms with Crippen molar-refractivity contribution in [1.29, 1.82) is 0 Å². The lowest BCUT2D eigenvalue weighted by molar-refractivity contribution is -0.135. The highest BCUT2D eigenvalue weighted by Crippen LogP contribution is 2.20. The van der Waals surface area contributed by atoms with Gasteiger partial charge in [-0.25, -0.2) is 0 Å². The topological polar surface area (TPSA) is 61.8 Å². The molecule has 3 atom stereocenters. The molecule has 1 saturated carbocycles. The Hall–Kier alpha value is -0.650. The lowest BCUT2D eigenvalue weighted by atomic mass is 10.1. The Morgan fingerprint density at radius 3 is 2.82 bits per heavy atom. The summed E-state index contributed by atoms with van der Waals surface area (Å²) < 4.78 is 5.57. The zero-order chi connectivity index (χ0) is 12.4. The second-order valence-electron chi connectivity index (χ2n) is 5.16. The Bertz CT molecular complexity index is 281. The number of carbonyl (C=O) groups excluding carboxylic acids is 1. The summed E-state index contributed by atoms with van der Waals surface area (Å²) in [5.41, 5.74) is 0. The van der Waals surface area contributed by atoms with Crippen molar-refractivity contribution in [3.8, 4) is 0 Å². The van der Waals surface area contributed by atoms with E-state index in [9.17, 15) is 4.79 Å². The van der Waals surface area contributed by atoms with Crippen molar-refractivity contribution in [3.63, 3.8) is 0 Å². The fourth-order valence-corrected chi connectivity index (χ4v) is 2.21. The molecule has 1 aliphatic carbocycles. The highest BCUT2D eigenvalue weighted by atomic mass is 16.5. The van der Waals surface area contributed by atoms with Gasteiger partial charge in [0.15, 0.2) is 0 Å². The molecular formula is C12H22N2O3. The number of nitrogens with zero attached hydrogens (tertiary/aromatic N) is 1. The van der Waals surface area contributed by atoms with Crippen LogP contribution < -0.4 is 5.32 Å². The normalized spacial score (nSPS) is 32.2. The Labute approximate surface area is 102 Å². The molecule has 1 saturated heterocycles. The molecule has 5 heteroatoms. The summed E-state index contributed by atoms with van der Waals surface area (Å²) in [5, 5.41) is 12.2. The third kappa shape index (κ3) is 3.40. The monoisotopic (exact) mass is 242 g/mol. The zero-order valence-electron chi connectivity index (χ0n) is 10.6. The Kier molecular flexibility index (Phi) is 4.01. The molecular weight excluding hydrogens is 220 g/mol. The Balaban J connectivity index is 1.87. The van der Waals surface area contributed by atoms with Gasteiger partial charge in [0.2, 0.25) is 5.91 Å². The van der Waals surface area contributed by atoms with Crippen LogP contribution in [-0.4, -0.2) is 59.9 Å². The van der Waals surface area contributed by atoms with Crippen LogP contribution >= 0.6 is 0 Å². The van der Waals surface area contributed by atoms with Crippen molar-refractivity contribution >= 4 is 5.91 Å². The number of aliphatic hydroxyl groups is 1. The molecule has 0 spiro atoms. The number of morpholine rings is 1. The van der Waals surface area contributed by atoms with Crippen molar-refractivity contribution in [2.45, 2.75) is 51.0 Å². The summed E-state index contributed by atoms with van der Waals surface area (Å²) >= 11 is 0. The van der Waals surface area contributed by atoms with E-state index in [0.29, 0.717) is 12.6 Å². The minimum atomic E-state index is -0.171. The smallest absolute Gasteiger partial charge is 0.237 e. The maximum absolute atomic E-state index is 11.9. The van der Waals surface area contributed by atoms with Gasteiger partial charge in [-0.3, -0.25) is 9.69 Å². The number of rotatable bonds is 4. The molecule has 0 radical (unpaired) electrons. The van der Waals surface area contributed by atoms with Gasteiger partial charge in [-0.2, -0.15) is 0 Å². The van der Waals surface area contributed by atoms with Crippen LogP contribution in [-0.2, 0) is 9.53 Å². The first-order valence-electron chi connectivity index (χ1n) is 6.41. The average Bonchev–Trinajstić information content (AvgIpc) is 3.10. The van der Waals surface area contributed by atoms with Crippen molar-refractivity contribution in [2.24, 2.45) is 0 Å². The van der Waals surface area contributed by atoms with Crippen LogP contribution in [0.3, 0.4) is 0 Å². The van der Waals surface area contributed by atoms with Crippen LogP contribution in [0, 0.1) is 0 Å². The van der Waals surface area contributed by atoms with Gasteiger partial charge < -0.3 is 15.2 Å².